The van der Waals surface area contributed by atoms with Crippen LogP contribution in [0, 0.1) is 28.5 Å². The van der Waals surface area contributed by atoms with Gasteiger partial charge in [0.25, 0.3) is 0 Å². The number of benzene rings is 1. The topological polar surface area (TPSA) is 44.0 Å². The van der Waals surface area contributed by atoms with E-state index in [4.69, 9.17) is 0 Å². The molecule has 2 rings (SSSR count). The number of nitriles is 1. The molecule has 96 valence electrons. The third-order valence-electron chi connectivity index (χ3n) is 3.80. The lowest BCUT2D eigenvalue weighted by molar-refractivity contribution is 0.0646. The van der Waals surface area contributed by atoms with Gasteiger partial charge in [0.2, 0.25) is 0 Å². The van der Waals surface area contributed by atoms with Gasteiger partial charge in [-0.15, -0.1) is 0 Å². The molecule has 2 nitrogen and oxygen atoms in total. The molecule has 18 heavy (non-hydrogen) atoms. The summed E-state index contributed by atoms with van der Waals surface area (Å²) >= 11 is 3.11. The van der Waals surface area contributed by atoms with Crippen LogP contribution in [-0.4, -0.2) is 5.11 Å². The number of aliphatic hydroxyl groups is 1. The molecule has 1 fully saturated rings. The second-order valence-electron chi connectivity index (χ2n) is 5.19. The van der Waals surface area contributed by atoms with Crippen LogP contribution in [0.25, 0.3) is 0 Å². The van der Waals surface area contributed by atoms with Gasteiger partial charge in [-0.3, -0.25) is 0 Å². The second kappa shape index (κ2) is 4.99. The fourth-order valence-electron chi connectivity index (χ4n) is 2.74. The van der Waals surface area contributed by atoms with Crippen molar-refractivity contribution < 1.29 is 9.50 Å². The number of hydrogen-bond donors (Lipinski definition) is 1. The Morgan fingerprint density at radius 3 is 2.83 bits per heavy atom. The summed E-state index contributed by atoms with van der Waals surface area (Å²) in [5.41, 5.74) is -0.129. The molecule has 0 saturated heterocycles. The van der Waals surface area contributed by atoms with Gasteiger partial charge in [-0.2, -0.15) is 5.26 Å². The third kappa shape index (κ3) is 2.30. The monoisotopic (exact) mass is 311 g/mol. The number of rotatable bonds is 2. The first-order valence-electron chi connectivity index (χ1n) is 6.03. The largest absolute Gasteiger partial charge is 0.387 e. The molecule has 4 heteroatoms. The molecule has 1 N–H and O–H groups in total. The van der Waals surface area contributed by atoms with Gasteiger partial charge in [-0.25, -0.2) is 4.39 Å². The SMILES string of the molecule is CC1CCC(C#N)(C(O)c2ccc(F)c(Br)c2)C1. The first kappa shape index (κ1) is 13.5. The number of aliphatic hydroxyl groups excluding tert-OH is 1. The Balaban J connectivity index is 2.32. The highest BCUT2D eigenvalue weighted by Gasteiger charge is 2.44. The van der Waals surface area contributed by atoms with E-state index in [1.165, 1.54) is 6.07 Å². The van der Waals surface area contributed by atoms with Crippen molar-refractivity contribution in [1.29, 1.82) is 5.26 Å². The minimum Gasteiger partial charge on any atom is -0.387 e. The minimum atomic E-state index is -0.857. The summed E-state index contributed by atoms with van der Waals surface area (Å²) in [6.07, 6.45) is 1.48. The van der Waals surface area contributed by atoms with Crippen LogP contribution in [0.2, 0.25) is 0 Å². The lowest BCUT2D eigenvalue weighted by Gasteiger charge is -2.27. The molecular formula is C14H15BrFNO. The highest BCUT2D eigenvalue weighted by atomic mass is 79.9. The van der Waals surface area contributed by atoms with E-state index in [0.29, 0.717) is 28.8 Å². The Bertz CT molecular complexity index is 499. The maximum Gasteiger partial charge on any atom is 0.137 e. The lowest BCUT2D eigenvalue weighted by Crippen LogP contribution is -2.24. The Hall–Kier alpha value is -0.920. The van der Waals surface area contributed by atoms with Crippen LogP contribution in [0.1, 0.15) is 37.9 Å². The molecule has 0 heterocycles. The Morgan fingerprint density at radius 1 is 1.61 bits per heavy atom. The Kier molecular flexibility index (Phi) is 3.74. The van der Waals surface area contributed by atoms with Crippen molar-refractivity contribution in [3.05, 3.63) is 34.1 Å². The number of halogens is 2. The summed E-state index contributed by atoms with van der Waals surface area (Å²) in [5.74, 6) is 0.0833. The van der Waals surface area contributed by atoms with E-state index in [1.807, 2.05) is 0 Å². The van der Waals surface area contributed by atoms with Crippen molar-refractivity contribution in [2.75, 3.05) is 0 Å². The van der Waals surface area contributed by atoms with E-state index in [-0.39, 0.29) is 5.82 Å². The summed E-state index contributed by atoms with van der Waals surface area (Å²) in [5, 5.41) is 19.8. The van der Waals surface area contributed by atoms with Gasteiger partial charge in [0.15, 0.2) is 0 Å². The molecule has 1 aliphatic rings. The molecule has 0 bridgehead atoms. The van der Waals surface area contributed by atoms with Crippen molar-refractivity contribution in [1.82, 2.24) is 0 Å². The molecule has 0 amide bonds. The molecule has 0 aromatic heterocycles. The normalized spacial score (nSPS) is 28.9. The van der Waals surface area contributed by atoms with Crippen LogP contribution < -0.4 is 0 Å². The third-order valence-corrected chi connectivity index (χ3v) is 4.41. The van der Waals surface area contributed by atoms with Gasteiger partial charge >= 0.3 is 0 Å². The zero-order valence-corrected chi connectivity index (χ0v) is 11.7. The zero-order valence-electron chi connectivity index (χ0n) is 10.2. The van der Waals surface area contributed by atoms with Gasteiger partial charge in [0, 0.05) is 0 Å². The molecule has 3 unspecified atom stereocenters. The first-order chi connectivity index (χ1) is 8.48. The van der Waals surface area contributed by atoms with Crippen molar-refractivity contribution >= 4 is 15.9 Å². The molecule has 0 spiro atoms. The molecule has 1 aliphatic carbocycles. The van der Waals surface area contributed by atoms with E-state index in [2.05, 4.69) is 28.9 Å². The Morgan fingerprint density at radius 2 is 2.33 bits per heavy atom. The fourth-order valence-corrected chi connectivity index (χ4v) is 3.14. The summed E-state index contributed by atoms with van der Waals surface area (Å²) in [6, 6.07) is 6.70. The number of nitrogens with zero attached hydrogens (tertiary/aromatic N) is 1. The minimum absolute atomic E-state index is 0.318. The van der Waals surface area contributed by atoms with Gasteiger partial charge in [0.1, 0.15) is 5.82 Å². The summed E-state index contributed by atoms with van der Waals surface area (Å²) in [6.45, 7) is 2.09. The quantitative estimate of drug-likeness (QED) is 0.898. The highest BCUT2D eigenvalue weighted by Crippen LogP contribution is 2.49. The van der Waals surface area contributed by atoms with Crippen LogP contribution >= 0.6 is 15.9 Å². The summed E-state index contributed by atoms with van der Waals surface area (Å²) in [7, 11) is 0. The van der Waals surface area contributed by atoms with E-state index in [9.17, 15) is 14.8 Å². The van der Waals surface area contributed by atoms with Crippen molar-refractivity contribution in [3.63, 3.8) is 0 Å². The molecule has 0 aliphatic heterocycles. The molecular weight excluding hydrogens is 297 g/mol. The van der Waals surface area contributed by atoms with Gasteiger partial charge < -0.3 is 5.11 Å². The van der Waals surface area contributed by atoms with E-state index >= 15 is 0 Å². The van der Waals surface area contributed by atoms with Gasteiger partial charge in [0.05, 0.1) is 22.1 Å². The number of hydrogen-bond acceptors (Lipinski definition) is 2. The molecule has 3 atom stereocenters. The van der Waals surface area contributed by atoms with E-state index in [0.717, 1.165) is 6.42 Å². The van der Waals surface area contributed by atoms with Crippen LogP contribution in [0.4, 0.5) is 4.39 Å². The van der Waals surface area contributed by atoms with Crippen LogP contribution in [0.15, 0.2) is 22.7 Å². The molecule has 1 aromatic carbocycles. The van der Waals surface area contributed by atoms with Crippen LogP contribution in [0.3, 0.4) is 0 Å². The first-order valence-corrected chi connectivity index (χ1v) is 6.82. The Labute approximate surface area is 115 Å². The summed E-state index contributed by atoms with van der Waals surface area (Å²) in [4.78, 5) is 0. The smallest absolute Gasteiger partial charge is 0.137 e. The maximum atomic E-state index is 13.2. The second-order valence-corrected chi connectivity index (χ2v) is 6.05. The van der Waals surface area contributed by atoms with Gasteiger partial charge in [-0.05, 0) is 58.8 Å². The van der Waals surface area contributed by atoms with Crippen LogP contribution in [-0.2, 0) is 0 Å². The van der Waals surface area contributed by atoms with Crippen molar-refractivity contribution in [3.8, 4) is 6.07 Å². The standard InChI is InChI=1S/C14H15BrFNO/c1-9-4-5-14(7-9,8-17)13(18)10-2-3-12(16)11(15)6-10/h2-3,6,9,13,18H,4-5,7H2,1H3. The lowest BCUT2D eigenvalue weighted by atomic mass is 9.78. The van der Waals surface area contributed by atoms with E-state index in [1.54, 1.807) is 12.1 Å². The fraction of sp³-hybridized carbons (Fsp3) is 0.500. The molecule has 1 saturated carbocycles. The van der Waals surface area contributed by atoms with E-state index < -0.39 is 11.5 Å². The summed E-state index contributed by atoms with van der Waals surface area (Å²) < 4.78 is 13.5. The maximum absolute atomic E-state index is 13.2. The average molecular weight is 312 g/mol. The molecule has 0 radical (unpaired) electrons. The van der Waals surface area contributed by atoms with Crippen molar-refractivity contribution in [2.24, 2.45) is 11.3 Å². The predicted octanol–water partition coefficient (Wildman–Crippen LogP) is 3.95. The molecule has 1 aromatic rings. The van der Waals surface area contributed by atoms with Gasteiger partial charge in [-0.1, -0.05) is 13.0 Å². The zero-order chi connectivity index (χ0) is 13.3. The predicted molar refractivity (Wildman–Crippen MR) is 70.1 cm³/mol. The highest BCUT2D eigenvalue weighted by molar-refractivity contribution is 9.10. The van der Waals surface area contributed by atoms with Crippen LogP contribution in [0.5, 0.6) is 0 Å². The average Bonchev–Trinajstić information content (AvgIpc) is 2.75. The van der Waals surface area contributed by atoms with Crippen molar-refractivity contribution in [2.45, 2.75) is 32.3 Å².